The van der Waals surface area contributed by atoms with Gasteiger partial charge in [0.25, 0.3) is 0 Å². The molecular weight excluding hydrogens is 437 g/mol. The average Bonchev–Trinajstić information content (AvgIpc) is 2.57. The number of carbonyl (C=O) groups is 3. The van der Waals surface area contributed by atoms with Crippen LogP contribution in [0.2, 0.25) is 0 Å². The SMILES string of the molecule is CC(C)(C)OC(=O)N[C@H](CC(=O)N[C@@H](CSC(F)(F)F)CC(=O)O)Cc1ccccc1. The van der Waals surface area contributed by atoms with Gasteiger partial charge in [0.2, 0.25) is 5.91 Å². The lowest BCUT2D eigenvalue weighted by molar-refractivity contribution is -0.137. The number of carbonyl (C=O) groups excluding carboxylic acids is 2. The predicted octanol–water partition coefficient (Wildman–Crippen LogP) is 3.73. The zero-order chi connectivity index (χ0) is 23.7. The zero-order valence-corrected chi connectivity index (χ0v) is 18.3. The number of aliphatic carboxylic acids is 1. The standard InChI is InChI=1S/C20H27F3N2O5S/c1-19(2,3)30-18(29)25-14(9-13-7-5-4-6-8-13)10-16(26)24-15(11-17(27)28)12-31-20(21,22)23/h4-8,14-15H,9-12H2,1-3H3,(H,24,26)(H,25,29)(H,27,28)/t14-,15+/m0/s1. The van der Waals surface area contributed by atoms with Crippen LogP contribution in [0.4, 0.5) is 18.0 Å². The highest BCUT2D eigenvalue weighted by Gasteiger charge is 2.31. The van der Waals surface area contributed by atoms with Crippen LogP contribution < -0.4 is 10.6 Å². The van der Waals surface area contributed by atoms with Gasteiger partial charge in [-0.05, 0) is 44.5 Å². The third kappa shape index (κ3) is 13.5. The van der Waals surface area contributed by atoms with Crippen molar-refractivity contribution in [1.82, 2.24) is 10.6 Å². The topological polar surface area (TPSA) is 105 Å². The van der Waals surface area contributed by atoms with Gasteiger partial charge >= 0.3 is 17.6 Å². The Morgan fingerprint density at radius 3 is 2.16 bits per heavy atom. The fraction of sp³-hybridized carbons (Fsp3) is 0.550. The minimum atomic E-state index is -4.55. The molecule has 2 amide bonds. The van der Waals surface area contributed by atoms with Gasteiger partial charge < -0.3 is 20.5 Å². The summed E-state index contributed by atoms with van der Waals surface area (Å²) in [7, 11) is 0. The molecule has 0 saturated carbocycles. The molecule has 2 atom stereocenters. The number of halogens is 3. The molecular formula is C20H27F3N2O5S. The molecule has 0 aromatic heterocycles. The molecule has 0 heterocycles. The lowest BCUT2D eigenvalue weighted by Gasteiger charge is -2.24. The maximum atomic E-state index is 12.5. The summed E-state index contributed by atoms with van der Waals surface area (Å²) in [6.45, 7) is 5.04. The molecule has 0 aliphatic carbocycles. The van der Waals surface area contributed by atoms with Crippen molar-refractivity contribution in [2.24, 2.45) is 0 Å². The van der Waals surface area contributed by atoms with Gasteiger partial charge in [0.05, 0.1) is 6.42 Å². The summed E-state index contributed by atoms with van der Waals surface area (Å²) < 4.78 is 42.6. The molecule has 0 unspecified atom stereocenters. The van der Waals surface area contributed by atoms with Crippen LogP contribution in [0.5, 0.6) is 0 Å². The van der Waals surface area contributed by atoms with Crippen LogP contribution in [0.1, 0.15) is 39.2 Å². The summed E-state index contributed by atoms with van der Waals surface area (Å²) in [6.07, 6.45) is -1.39. The Morgan fingerprint density at radius 2 is 1.65 bits per heavy atom. The van der Waals surface area contributed by atoms with E-state index in [9.17, 15) is 27.6 Å². The number of thioether (sulfide) groups is 1. The first kappa shape index (κ1) is 26.6. The molecule has 31 heavy (non-hydrogen) atoms. The first-order chi connectivity index (χ1) is 14.2. The van der Waals surface area contributed by atoms with Crippen molar-refractivity contribution in [3.63, 3.8) is 0 Å². The zero-order valence-electron chi connectivity index (χ0n) is 17.5. The maximum Gasteiger partial charge on any atom is 0.441 e. The molecule has 0 fully saturated rings. The van der Waals surface area contributed by atoms with Gasteiger partial charge in [-0.15, -0.1) is 0 Å². The van der Waals surface area contributed by atoms with E-state index in [1.54, 1.807) is 51.1 Å². The molecule has 0 spiro atoms. The monoisotopic (exact) mass is 464 g/mol. The molecule has 0 radical (unpaired) electrons. The Labute approximate surface area is 183 Å². The lowest BCUT2D eigenvalue weighted by atomic mass is 10.0. The van der Waals surface area contributed by atoms with Crippen molar-refractivity contribution >= 4 is 29.7 Å². The van der Waals surface area contributed by atoms with Gasteiger partial charge in [-0.3, -0.25) is 9.59 Å². The molecule has 7 nitrogen and oxygen atoms in total. The molecule has 1 aromatic carbocycles. The number of carboxylic acid groups (broad SMARTS) is 1. The minimum absolute atomic E-state index is 0.263. The van der Waals surface area contributed by atoms with Crippen molar-refractivity contribution in [2.45, 2.75) is 63.2 Å². The van der Waals surface area contributed by atoms with Gasteiger partial charge in [0.1, 0.15) is 5.60 Å². The maximum absolute atomic E-state index is 12.5. The number of alkyl halides is 3. The van der Waals surface area contributed by atoms with Crippen molar-refractivity contribution in [1.29, 1.82) is 0 Å². The Balaban J connectivity index is 2.82. The number of carboxylic acids is 1. The van der Waals surface area contributed by atoms with Gasteiger partial charge in [-0.1, -0.05) is 30.3 Å². The number of ether oxygens (including phenoxy) is 1. The minimum Gasteiger partial charge on any atom is -0.481 e. The Hall–Kier alpha value is -2.43. The highest BCUT2D eigenvalue weighted by atomic mass is 32.2. The number of nitrogens with one attached hydrogen (secondary N) is 2. The van der Waals surface area contributed by atoms with E-state index in [0.29, 0.717) is 0 Å². The summed E-state index contributed by atoms with van der Waals surface area (Å²) in [5.41, 5.74) is -4.48. The number of rotatable bonds is 10. The molecule has 0 aliphatic heterocycles. The van der Waals surface area contributed by atoms with Crippen molar-refractivity contribution in [3.05, 3.63) is 35.9 Å². The second-order valence-electron chi connectivity index (χ2n) is 7.86. The Bertz CT molecular complexity index is 739. The fourth-order valence-corrected chi connectivity index (χ4v) is 3.21. The van der Waals surface area contributed by atoms with E-state index in [2.05, 4.69) is 10.6 Å². The Morgan fingerprint density at radius 1 is 1.03 bits per heavy atom. The summed E-state index contributed by atoms with van der Waals surface area (Å²) in [6, 6.07) is 7.06. The Kier molecular flexibility index (Phi) is 10.1. The van der Waals surface area contributed by atoms with Crippen LogP contribution in [0.25, 0.3) is 0 Å². The fourth-order valence-electron chi connectivity index (χ4n) is 2.61. The highest BCUT2D eigenvalue weighted by molar-refractivity contribution is 8.00. The summed E-state index contributed by atoms with van der Waals surface area (Å²) in [5, 5.41) is 13.8. The molecule has 1 aromatic rings. The average molecular weight is 465 g/mol. The third-order valence-electron chi connectivity index (χ3n) is 3.71. The molecule has 174 valence electrons. The van der Waals surface area contributed by atoms with E-state index in [-0.39, 0.29) is 12.8 Å². The van der Waals surface area contributed by atoms with E-state index >= 15 is 0 Å². The molecule has 0 saturated heterocycles. The number of hydrogen-bond donors (Lipinski definition) is 3. The molecule has 0 bridgehead atoms. The van der Waals surface area contributed by atoms with Crippen LogP contribution in [-0.2, 0) is 20.7 Å². The molecule has 11 heteroatoms. The van der Waals surface area contributed by atoms with Crippen LogP contribution in [0.3, 0.4) is 0 Å². The number of benzene rings is 1. The smallest absolute Gasteiger partial charge is 0.441 e. The van der Waals surface area contributed by atoms with Crippen molar-refractivity contribution < 1.29 is 37.4 Å². The molecule has 1 rings (SSSR count). The lowest BCUT2D eigenvalue weighted by Crippen LogP contribution is -2.45. The first-order valence-corrected chi connectivity index (χ1v) is 10.5. The van der Waals surface area contributed by atoms with Gasteiger partial charge in [0.15, 0.2) is 0 Å². The summed E-state index contributed by atoms with van der Waals surface area (Å²) in [5.74, 6) is -2.64. The molecule has 3 N–H and O–H groups in total. The van der Waals surface area contributed by atoms with E-state index < -0.39 is 65.1 Å². The number of hydrogen-bond acceptors (Lipinski definition) is 5. The highest BCUT2D eigenvalue weighted by Crippen LogP contribution is 2.30. The van der Waals surface area contributed by atoms with Crippen molar-refractivity contribution in [3.8, 4) is 0 Å². The number of amides is 2. The van der Waals surface area contributed by atoms with E-state index in [1.807, 2.05) is 0 Å². The normalized spacial score (nSPS) is 13.7. The molecule has 0 aliphatic rings. The van der Waals surface area contributed by atoms with E-state index in [0.717, 1.165) is 5.56 Å². The first-order valence-electron chi connectivity index (χ1n) is 9.49. The van der Waals surface area contributed by atoms with Gasteiger partial charge in [0, 0.05) is 24.3 Å². The predicted molar refractivity (Wildman–Crippen MR) is 111 cm³/mol. The van der Waals surface area contributed by atoms with Gasteiger partial charge in [-0.2, -0.15) is 13.2 Å². The summed E-state index contributed by atoms with van der Waals surface area (Å²) >= 11 is -0.404. The third-order valence-corrected chi connectivity index (χ3v) is 4.61. The second-order valence-corrected chi connectivity index (χ2v) is 8.94. The van der Waals surface area contributed by atoms with Crippen LogP contribution in [0.15, 0.2) is 30.3 Å². The van der Waals surface area contributed by atoms with Crippen molar-refractivity contribution in [2.75, 3.05) is 5.75 Å². The van der Waals surface area contributed by atoms with Gasteiger partial charge in [-0.25, -0.2) is 4.79 Å². The number of alkyl carbamates (subject to hydrolysis) is 1. The van der Waals surface area contributed by atoms with E-state index in [4.69, 9.17) is 9.84 Å². The van der Waals surface area contributed by atoms with E-state index in [1.165, 1.54) is 0 Å². The van der Waals surface area contributed by atoms with Crippen LogP contribution in [0, 0.1) is 0 Å². The second kappa shape index (κ2) is 11.8. The van der Waals surface area contributed by atoms with Crippen LogP contribution >= 0.6 is 11.8 Å². The van der Waals surface area contributed by atoms with Crippen LogP contribution in [-0.4, -0.2) is 52.0 Å². The quantitative estimate of drug-likeness (QED) is 0.488. The largest absolute Gasteiger partial charge is 0.481 e. The summed E-state index contributed by atoms with van der Waals surface area (Å²) in [4.78, 5) is 35.5.